The van der Waals surface area contributed by atoms with Crippen molar-refractivity contribution in [3.05, 3.63) is 29.3 Å². The van der Waals surface area contributed by atoms with E-state index in [1.54, 1.807) is 0 Å². The van der Waals surface area contributed by atoms with E-state index in [4.69, 9.17) is 9.47 Å². The number of hydrogen-bond acceptors (Lipinski definition) is 4. The number of aliphatic hydroxyl groups excluding tert-OH is 1. The maximum atomic E-state index is 10.1. The first-order chi connectivity index (χ1) is 10.0. The van der Waals surface area contributed by atoms with E-state index in [1.165, 1.54) is 0 Å². The molecule has 1 aromatic carbocycles. The number of ether oxygens (including phenoxy) is 2. The van der Waals surface area contributed by atoms with Gasteiger partial charge in [0.15, 0.2) is 0 Å². The molecular weight excluding hydrogens is 266 g/mol. The molecule has 1 unspecified atom stereocenters. The SMILES string of the molecule is Cc1cccc(C)c1OCC(O)CNC1(C)CCOCC1. The molecule has 1 fully saturated rings. The minimum absolute atomic E-state index is 0.0673. The van der Waals surface area contributed by atoms with Crippen LogP contribution in [-0.2, 0) is 4.74 Å². The summed E-state index contributed by atoms with van der Waals surface area (Å²) in [5.74, 6) is 0.883. The Balaban J connectivity index is 1.78. The molecule has 21 heavy (non-hydrogen) atoms. The zero-order valence-corrected chi connectivity index (χ0v) is 13.3. The van der Waals surface area contributed by atoms with Crippen molar-refractivity contribution in [1.82, 2.24) is 5.32 Å². The molecule has 1 aliphatic heterocycles. The van der Waals surface area contributed by atoms with Crippen molar-refractivity contribution >= 4 is 0 Å². The molecule has 0 radical (unpaired) electrons. The summed E-state index contributed by atoms with van der Waals surface area (Å²) in [6.07, 6.45) is 1.46. The summed E-state index contributed by atoms with van der Waals surface area (Å²) < 4.78 is 11.2. The summed E-state index contributed by atoms with van der Waals surface area (Å²) in [4.78, 5) is 0. The number of nitrogens with one attached hydrogen (secondary N) is 1. The number of β-amino-alcohol motifs (C(OH)–C–C–N with tert-alkyl or cyclic N) is 1. The maximum absolute atomic E-state index is 10.1. The van der Waals surface area contributed by atoms with Gasteiger partial charge in [-0.2, -0.15) is 0 Å². The molecule has 1 saturated heterocycles. The fourth-order valence-electron chi connectivity index (χ4n) is 2.63. The Labute approximate surface area is 127 Å². The number of rotatable bonds is 6. The van der Waals surface area contributed by atoms with Crippen LogP contribution >= 0.6 is 0 Å². The average Bonchev–Trinajstić information content (AvgIpc) is 2.45. The lowest BCUT2D eigenvalue weighted by Crippen LogP contribution is -2.50. The highest BCUT2D eigenvalue weighted by molar-refractivity contribution is 5.39. The molecule has 0 bridgehead atoms. The Morgan fingerprint density at radius 3 is 2.52 bits per heavy atom. The molecule has 1 aliphatic rings. The molecule has 118 valence electrons. The van der Waals surface area contributed by atoms with Gasteiger partial charge in [-0.15, -0.1) is 0 Å². The Kier molecular flexibility index (Phi) is 5.62. The van der Waals surface area contributed by atoms with Gasteiger partial charge in [-0.3, -0.25) is 0 Å². The normalized spacial score (nSPS) is 19.2. The molecule has 1 aromatic rings. The molecule has 2 N–H and O–H groups in total. The number of aliphatic hydroxyl groups is 1. The minimum atomic E-state index is -0.510. The smallest absolute Gasteiger partial charge is 0.125 e. The van der Waals surface area contributed by atoms with Crippen LogP contribution in [0.4, 0.5) is 0 Å². The Morgan fingerprint density at radius 2 is 1.90 bits per heavy atom. The van der Waals surface area contributed by atoms with Crippen LogP contribution in [0.2, 0.25) is 0 Å². The lowest BCUT2D eigenvalue weighted by Gasteiger charge is -2.35. The fraction of sp³-hybridized carbons (Fsp3) is 0.647. The van der Waals surface area contributed by atoms with Crippen molar-refractivity contribution in [1.29, 1.82) is 0 Å². The third-order valence-corrected chi connectivity index (χ3v) is 4.19. The Hall–Kier alpha value is -1.10. The van der Waals surface area contributed by atoms with E-state index in [0.717, 1.165) is 42.9 Å². The van der Waals surface area contributed by atoms with E-state index < -0.39 is 6.10 Å². The highest BCUT2D eigenvalue weighted by Crippen LogP contribution is 2.22. The minimum Gasteiger partial charge on any atom is -0.490 e. The predicted octanol–water partition coefficient (Wildman–Crippen LogP) is 2.20. The lowest BCUT2D eigenvalue weighted by atomic mass is 9.92. The van der Waals surface area contributed by atoms with E-state index in [9.17, 15) is 5.11 Å². The first kappa shape index (κ1) is 16.3. The van der Waals surface area contributed by atoms with Crippen LogP contribution in [-0.4, -0.2) is 43.1 Å². The Bertz CT molecular complexity index is 435. The Morgan fingerprint density at radius 1 is 1.29 bits per heavy atom. The van der Waals surface area contributed by atoms with Gasteiger partial charge in [0.05, 0.1) is 0 Å². The largest absolute Gasteiger partial charge is 0.490 e. The quantitative estimate of drug-likeness (QED) is 0.844. The van der Waals surface area contributed by atoms with Crippen LogP contribution in [0.5, 0.6) is 5.75 Å². The lowest BCUT2D eigenvalue weighted by molar-refractivity contribution is 0.0342. The standard InChI is InChI=1S/C17H27NO3/c1-13-5-4-6-14(2)16(13)21-12-15(19)11-18-17(3)7-9-20-10-8-17/h4-6,15,18-19H,7-12H2,1-3H3. The maximum Gasteiger partial charge on any atom is 0.125 e. The molecule has 2 rings (SSSR count). The molecule has 4 heteroatoms. The highest BCUT2D eigenvalue weighted by Gasteiger charge is 2.27. The van der Waals surface area contributed by atoms with Gasteiger partial charge in [-0.05, 0) is 44.7 Å². The number of benzene rings is 1. The third-order valence-electron chi connectivity index (χ3n) is 4.19. The van der Waals surface area contributed by atoms with Crippen molar-refractivity contribution in [2.24, 2.45) is 0 Å². The zero-order chi connectivity index (χ0) is 15.3. The molecule has 1 atom stereocenters. The number of hydrogen-bond donors (Lipinski definition) is 2. The molecule has 0 amide bonds. The van der Waals surface area contributed by atoms with Crippen molar-refractivity contribution in [3.8, 4) is 5.75 Å². The molecule has 0 aromatic heterocycles. The van der Waals surface area contributed by atoms with E-state index in [1.807, 2.05) is 32.0 Å². The summed E-state index contributed by atoms with van der Waals surface area (Å²) in [6.45, 7) is 8.67. The molecule has 0 aliphatic carbocycles. The number of aryl methyl sites for hydroxylation is 2. The van der Waals surface area contributed by atoms with Crippen molar-refractivity contribution in [2.75, 3.05) is 26.4 Å². The van der Waals surface area contributed by atoms with Crippen molar-refractivity contribution in [3.63, 3.8) is 0 Å². The second-order valence-corrected chi connectivity index (χ2v) is 6.24. The molecule has 0 saturated carbocycles. The second-order valence-electron chi connectivity index (χ2n) is 6.24. The van der Waals surface area contributed by atoms with Crippen LogP contribution in [0.25, 0.3) is 0 Å². The second kappa shape index (κ2) is 7.25. The van der Waals surface area contributed by atoms with Crippen LogP contribution < -0.4 is 10.1 Å². The zero-order valence-electron chi connectivity index (χ0n) is 13.3. The molecule has 0 spiro atoms. The first-order valence-corrected chi connectivity index (χ1v) is 7.70. The van der Waals surface area contributed by atoms with E-state index in [0.29, 0.717) is 13.2 Å². The van der Waals surface area contributed by atoms with Crippen molar-refractivity contribution in [2.45, 2.75) is 45.3 Å². The number of para-hydroxylation sites is 1. The molecule has 4 nitrogen and oxygen atoms in total. The fourth-order valence-corrected chi connectivity index (χ4v) is 2.63. The van der Waals surface area contributed by atoms with E-state index in [2.05, 4.69) is 12.2 Å². The molecular formula is C17H27NO3. The van der Waals surface area contributed by atoms with Crippen LogP contribution in [0.1, 0.15) is 30.9 Å². The monoisotopic (exact) mass is 293 g/mol. The van der Waals surface area contributed by atoms with Crippen molar-refractivity contribution < 1.29 is 14.6 Å². The van der Waals surface area contributed by atoms with Gasteiger partial charge in [0.1, 0.15) is 18.5 Å². The summed E-state index contributed by atoms with van der Waals surface area (Å²) in [5, 5.41) is 13.6. The topological polar surface area (TPSA) is 50.7 Å². The van der Waals surface area contributed by atoms with Gasteiger partial charge in [0.25, 0.3) is 0 Å². The highest BCUT2D eigenvalue weighted by atomic mass is 16.5. The average molecular weight is 293 g/mol. The summed E-state index contributed by atoms with van der Waals surface area (Å²) in [6, 6.07) is 6.06. The van der Waals surface area contributed by atoms with Crippen LogP contribution in [0.15, 0.2) is 18.2 Å². The van der Waals surface area contributed by atoms with Gasteiger partial charge in [0.2, 0.25) is 0 Å². The van der Waals surface area contributed by atoms with E-state index >= 15 is 0 Å². The van der Waals surface area contributed by atoms with E-state index in [-0.39, 0.29) is 5.54 Å². The van der Waals surface area contributed by atoms with Gasteiger partial charge in [-0.1, -0.05) is 18.2 Å². The van der Waals surface area contributed by atoms with Gasteiger partial charge >= 0.3 is 0 Å². The predicted molar refractivity (Wildman–Crippen MR) is 83.9 cm³/mol. The van der Waals surface area contributed by atoms with Gasteiger partial charge in [0, 0.05) is 25.3 Å². The summed E-state index contributed by atoms with van der Waals surface area (Å²) >= 11 is 0. The molecule has 1 heterocycles. The third kappa shape index (κ3) is 4.70. The summed E-state index contributed by atoms with van der Waals surface area (Å²) in [7, 11) is 0. The first-order valence-electron chi connectivity index (χ1n) is 7.70. The van der Waals surface area contributed by atoms with Gasteiger partial charge in [-0.25, -0.2) is 0 Å². The van der Waals surface area contributed by atoms with Crippen LogP contribution in [0.3, 0.4) is 0 Å². The van der Waals surface area contributed by atoms with Crippen LogP contribution in [0, 0.1) is 13.8 Å². The summed E-state index contributed by atoms with van der Waals surface area (Å²) in [5.41, 5.74) is 2.27. The van der Waals surface area contributed by atoms with Gasteiger partial charge < -0.3 is 19.9 Å².